The summed E-state index contributed by atoms with van der Waals surface area (Å²) in [6.07, 6.45) is 3.03. The van der Waals surface area contributed by atoms with Crippen LogP contribution in [0.1, 0.15) is 24.2 Å². The van der Waals surface area contributed by atoms with Gasteiger partial charge < -0.3 is 4.90 Å². The summed E-state index contributed by atoms with van der Waals surface area (Å²) in [5.41, 5.74) is 3.22. The van der Waals surface area contributed by atoms with Crippen molar-refractivity contribution in [2.45, 2.75) is 25.9 Å². The second kappa shape index (κ2) is 8.09. The Bertz CT molecular complexity index is 1360. The van der Waals surface area contributed by atoms with Crippen molar-refractivity contribution in [3.05, 3.63) is 95.2 Å². The lowest BCUT2D eigenvalue weighted by Gasteiger charge is -2.31. The summed E-state index contributed by atoms with van der Waals surface area (Å²) in [6, 6.07) is 20.9. The molecule has 33 heavy (non-hydrogen) atoms. The summed E-state index contributed by atoms with van der Waals surface area (Å²) < 4.78 is 1.62. The van der Waals surface area contributed by atoms with Gasteiger partial charge in [-0.05, 0) is 31.0 Å². The van der Waals surface area contributed by atoms with Gasteiger partial charge in [-0.2, -0.15) is 0 Å². The van der Waals surface area contributed by atoms with Crippen molar-refractivity contribution in [1.29, 1.82) is 0 Å². The van der Waals surface area contributed by atoms with Crippen LogP contribution in [0.5, 0.6) is 0 Å². The van der Waals surface area contributed by atoms with Crippen LogP contribution < -0.4 is 10.5 Å². The number of benzene rings is 2. The molecule has 0 amide bonds. The molecule has 2 aromatic carbocycles. The summed E-state index contributed by atoms with van der Waals surface area (Å²) in [5, 5.41) is 0. The van der Waals surface area contributed by atoms with Gasteiger partial charge in [0.15, 0.2) is 5.78 Å². The highest BCUT2D eigenvalue weighted by atomic mass is 16.1. The van der Waals surface area contributed by atoms with Crippen LogP contribution in [0.4, 0.5) is 5.95 Å². The molecular formula is C26H23N5O2. The number of fused-ring (bicyclic) bond motifs is 1. The first kappa shape index (κ1) is 20.8. The summed E-state index contributed by atoms with van der Waals surface area (Å²) >= 11 is 0. The molecule has 5 rings (SSSR count). The van der Waals surface area contributed by atoms with Gasteiger partial charge in [0.2, 0.25) is 5.95 Å². The van der Waals surface area contributed by atoms with Crippen molar-refractivity contribution in [2.75, 3.05) is 11.4 Å². The van der Waals surface area contributed by atoms with E-state index in [1.54, 1.807) is 16.8 Å². The molecule has 0 N–H and O–H groups in total. The van der Waals surface area contributed by atoms with Gasteiger partial charge in [-0.3, -0.25) is 14.2 Å². The number of anilines is 1. The van der Waals surface area contributed by atoms with Gasteiger partial charge in [0.05, 0.1) is 30.0 Å². The minimum atomic E-state index is -0.441. The first-order valence-corrected chi connectivity index (χ1v) is 10.8. The number of Topliss-reactive ketones (excluding diaryl/α,β-unsaturated/α-hetero) is 1. The molecule has 0 unspecified atom stereocenters. The fourth-order valence-electron chi connectivity index (χ4n) is 4.16. The molecule has 0 spiro atoms. The first-order chi connectivity index (χ1) is 15.9. The van der Waals surface area contributed by atoms with E-state index in [1.807, 2.05) is 73.3 Å². The zero-order valence-corrected chi connectivity index (χ0v) is 18.5. The average Bonchev–Trinajstić information content (AvgIpc) is 3.10. The second-order valence-electron chi connectivity index (χ2n) is 8.73. The predicted octanol–water partition coefficient (Wildman–Crippen LogP) is 3.85. The molecule has 7 heteroatoms. The molecule has 1 aliphatic heterocycles. The van der Waals surface area contributed by atoms with E-state index in [0.717, 1.165) is 11.1 Å². The molecule has 1 aliphatic rings. The number of carbonyl (C=O) groups is 1. The number of carbonyl (C=O) groups excluding carboxylic acids is 1. The van der Waals surface area contributed by atoms with Crippen LogP contribution >= 0.6 is 0 Å². The van der Waals surface area contributed by atoms with Crippen LogP contribution in [0, 0.1) is 0 Å². The quantitative estimate of drug-likeness (QED) is 0.441. The first-order valence-electron chi connectivity index (χ1n) is 10.8. The van der Waals surface area contributed by atoms with Gasteiger partial charge in [-0.15, -0.1) is 0 Å². The molecule has 0 aliphatic carbocycles. The maximum atomic E-state index is 13.2. The van der Waals surface area contributed by atoms with Crippen LogP contribution in [0.3, 0.4) is 0 Å². The van der Waals surface area contributed by atoms with E-state index >= 15 is 0 Å². The predicted molar refractivity (Wildman–Crippen MR) is 127 cm³/mol. The van der Waals surface area contributed by atoms with E-state index < -0.39 is 5.54 Å². The van der Waals surface area contributed by atoms with Crippen molar-refractivity contribution in [2.24, 2.45) is 0 Å². The molecule has 0 fully saturated rings. The lowest BCUT2D eigenvalue weighted by atomic mass is 10.0. The topological polar surface area (TPSA) is 81.0 Å². The van der Waals surface area contributed by atoms with E-state index in [4.69, 9.17) is 4.98 Å². The Balaban J connectivity index is 1.45. The summed E-state index contributed by atoms with van der Waals surface area (Å²) in [5.74, 6) is 0.452. The molecule has 164 valence electrons. The van der Waals surface area contributed by atoms with E-state index in [0.29, 0.717) is 29.4 Å². The van der Waals surface area contributed by atoms with Crippen molar-refractivity contribution < 1.29 is 4.79 Å². The zero-order chi connectivity index (χ0) is 23.0. The number of hydrogen-bond acceptors (Lipinski definition) is 6. The van der Waals surface area contributed by atoms with E-state index in [1.165, 1.54) is 12.4 Å². The molecule has 0 radical (unpaired) electrons. The highest BCUT2D eigenvalue weighted by Gasteiger charge is 2.39. The summed E-state index contributed by atoms with van der Waals surface area (Å²) in [4.78, 5) is 40.8. The lowest BCUT2D eigenvalue weighted by molar-refractivity contribution is 0.0993. The molecule has 0 bridgehead atoms. The second-order valence-corrected chi connectivity index (χ2v) is 8.73. The van der Waals surface area contributed by atoms with Crippen molar-refractivity contribution in [3.8, 4) is 22.5 Å². The fraction of sp³-hybridized carbons (Fsp3) is 0.192. The molecule has 2 aromatic heterocycles. The highest BCUT2D eigenvalue weighted by Crippen LogP contribution is 2.32. The van der Waals surface area contributed by atoms with Crippen LogP contribution in [0.2, 0.25) is 0 Å². The van der Waals surface area contributed by atoms with Crippen LogP contribution in [0.15, 0.2) is 84.0 Å². The van der Waals surface area contributed by atoms with Crippen molar-refractivity contribution >= 4 is 11.7 Å². The fourth-order valence-corrected chi connectivity index (χ4v) is 4.16. The number of rotatable bonds is 5. The zero-order valence-electron chi connectivity index (χ0n) is 18.5. The van der Waals surface area contributed by atoms with Gasteiger partial charge in [-0.1, -0.05) is 54.6 Å². The van der Waals surface area contributed by atoms with Gasteiger partial charge in [-0.25, -0.2) is 15.0 Å². The van der Waals surface area contributed by atoms with Crippen LogP contribution in [0.25, 0.3) is 22.5 Å². The Kier molecular flexibility index (Phi) is 5.09. The third-order valence-electron chi connectivity index (χ3n) is 5.97. The van der Waals surface area contributed by atoms with Gasteiger partial charge in [0.1, 0.15) is 6.33 Å². The van der Waals surface area contributed by atoms with Crippen molar-refractivity contribution in [3.63, 3.8) is 0 Å². The maximum absolute atomic E-state index is 13.2. The minimum absolute atomic E-state index is 0.0298. The van der Waals surface area contributed by atoms with E-state index in [2.05, 4.69) is 9.97 Å². The van der Waals surface area contributed by atoms with Gasteiger partial charge in [0.25, 0.3) is 5.56 Å². The Morgan fingerprint density at radius 2 is 1.70 bits per heavy atom. The monoisotopic (exact) mass is 437 g/mol. The Labute approximate surface area is 191 Å². The minimum Gasteiger partial charge on any atom is -0.328 e. The molecular weight excluding hydrogens is 414 g/mol. The molecule has 3 heterocycles. The van der Waals surface area contributed by atoms with E-state index in [-0.39, 0.29) is 17.9 Å². The van der Waals surface area contributed by atoms with E-state index in [9.17, 15) is 9.59 Å². The summed E-state index contributed by atoms with van der Waals surface area (Å²) in [7, 11) is 0. The third-order valence-corrected chi connectivity index (χ3v) is 5.97. The molecule has 7 nitrogen and oxygen atoms in total. The van der Waals surface area contributed by atoms with Gasteiger partial charge in [0, 0.05) is 17.8 Å². The molecule has 0 atom stereocenters. The van der Waals surface area contributed by atoms with Crippen molar-refractivity contribution in [1.82, 2.24) is 19.5 Å². The number of nitrogens with zero attached hydrogens (tertiary/aromatic N) is 5. The lowest BCUT2D eigenvalue weighted by Crippen LogP contribution is -2.44. The van der Waals surface area contributed by atoms with Gasteiger partial charge >= 0.3 is 0 Å². The normalized spacial score (nSPS) is 14.2. The Morgan fingerprint density at radius 3 is 2.39 bits per heavy atom. The average molecular weight is 438 g/mol. The Hall–Kier alpha value is -4.13. The number of ketones is 1. The molecule has 4 aromatic rings. The molecule has 0 saturated heterocycles. The highest BCUT2D eigenvalue weighted by molar-refractivity contribution is 5.99. The maximum Gasteiger partial charge on any atom is 0.255 e. The van der Waals surface area contributed by atoms with Crippen LogP contribution in [-0.2, 0) is 6.54 Å². The third kappa shape index (κ3) is 3.93. The Morgan fingerprint density at radius 1 is 0.970 bits per heavy atom. The largest absolute Gasteiger partial charge is 0.328 e. The molecule has 0 saturated carbocycles. The number of hydrogen-bond donors (Lipinski definition) is 0. The number of aromatic nitrogens is 4. The standard InChI is InChI=1S/C26H23N5O2/c1-26(2)16-30-24(33)14-22(21-12-13-27-17-28-21)29-25(30)31(26)15-23(32)20-10-8-19(9-11-20)18-6-4-3-5-7-18/h3-14,17H,15-16H2,1-2H3. The summed E-state index contributed by atoms with van der Waals surface area (Å²) in [6.45, 7) is 4.60. The SMILES string of the molecule is CC1(C)Cn2c(nc(-c3ccncn3)cc2=O)N1CC(=O)c1ccc(-c2ccccc2)cc1. The smallest absolute Gasteiger partial charge is 0.255 e. The van der Waals surface area contributed by atoms with Crippen LogP contribution in [-0.4, -0.2) is 37.4 Å².